The van der Waals surface area contributed by atoms with Gasteiger partial charge in [-0.05, 0) is 55.2 Å². The Morgan fingerprint density at radius 3 is 2.13 bits per heavy atom. The second kappa shape index (κ2) is 11.8. The largest absolute Gasteiger partial charge is 0.348 e. The van der Waals surface area contributed by atoms with E-state index >= 15 is 0 Å². The number of benzene rings is 2. The number of anilines is 1. The van der Waals surface area contributed by atoms with E-state index in [0.717, 1.165) is 17.7 Å². The summed E-state index contributed by atoms with van der Waals surface area (Å²) in [5.41, 5.74) is 1.42. The van der Waals surface area contributed by atoms with Crippen LogP contribution in [0.15, 0.2) is 60.7 Å². The zero-order chi connectivity index (χ0) is 28.2. The standard InChI is InChI=1S/C32H44N4O3/c1-24(21-31(3,4)5)20-29(38)34-18-16-32(17-19-34)30(39)35(23-36(32)27-14-10-7-11-15-27)22-28(37)33-25(2)26-12-8-6-9-13-26/h6-15,24-25H,16-23H2,1-5H3,(H,33,37). The highest BCUT2D eigenvalue weighted by atomic mass is 16.2. The molecule has 2 atom stereocenters. The van der Waals surface area contributed by atoms with Crippen molar-refractivity contribution < 1.29 is 14.4 Å². The van der Waals surface area contributed by atoms with Gasteiger partial charge in [0.25, 0.3) is 5.91 Å². The normalized spacial score (nSPS) is 18.8. The molecule has 0 aliphatic carbocycles. The molecule has 2 aliphatic heterocycles. The van der Waals surface area contributed by atoms with Gasteiger partial charge in [-0.1, -0.05) is 76.2 Å². The Morgan fingerprint density at radius 1 is 0.949 bits per heavy atom. The zero-order valence-electron chi connectivity index (χ0n) is 24.2. The van der Waals surface area contributed by atoms with Gasteiger partial charge < -0.3 is 20.0 Å². The van der Waals surface area contributed by atoms with Crippen LogP contribution in [0, 0.1) is 11.3 Å². The van der Waals surface area contributed by atoms with Crippen molar-refractivity contribution in [3.8, 4) is 0 Å². The van der Waals surface area contributed by atoms with Gasteiger partial charge in [0, 0.05) is 25.2 Å². The van der Waals surface area contributed by atoms with E-state index in [-0.39, 0.29) is 35.7 Å². The maximum atomic E-state index is 14.0. The number of carbonyl (C=O) groups is 3. The van der Waals surface area contributed by atoms with Crippen molar-refractivity contribution in [2.45, 2.75) is 71.9 Å². The second-order valence-electron chi connectivity index (χ2n) is 12.6. The highest BCUT2D eigenvalue weighted by Gasteiger charge is 2.54. The van der Waals surface area contributed by atoms with Gasteiger partial charge in [0.05, 0.1) is 12.7 Å². The molecule has 3 amide bonds. The molecule has 2 aliphatic rings. The average Bonchev–Trinajstić information content (AvgIpc) is 3.15. The van der Waals surface area contributed by atoms with Crippen molar-refractivity contribution in [3.63, 3.8) is 0 Å². The predicted molar refractivity (Wildman–Crippen MR) is 155 cm³/mol. The summed E-state index contributed by atoms with van der Waals surface area (Å²) in [6.07, 6.45) is 2.64. The smallest absolute Gasteiger partial charge is 0.250 e. The van der Waals surface area contributed by atoms with Crippen molar-refractivity contribution in [1.29, 1.82) is 0 Å². The van der Waals surface area contributed by atoms with Gasteiger partial charge in [0.1, 0.15) is 12.1 Å². The fourth-order valence-corrected chi connectivity index (χ4v) is 6.28. The lowest BCUT2D eigenvalue weighted by molar-refractivity contribution is -0.140. The number of nitrogens with one attached hydrogen (secondary N) is 1. The first kappa shape index (κ1) is 28.7. The summed E-state index contributed by atoms with van der Waals surface area (Å²) in [6.45, 7) is 12.2. The molecule has 2 aromatic rings. The lowest BCUT2D eigenvalue weighted by Gasteiger charge is -2.43. The van der Waals surface area contributed by atoms with Crippen LogP contribution in [0.2, 0.25) is 0 Å². The van der Waals surface area contributed by atoms with Gasteiger partial charge in [-0.15, -0.1) is 0 Å². The fraction of sp³-hybridized carbons (Fsp3) is 0.531. The molecule has 7 nitrogen and oxygen atoms in total. The number of nitrogens with zero attached hydrogens (tertiary/aromatic N) is 3. The Bertz CT molecular complexity index is 1140. The quantitative estimate of drug-likeness (QED) is 0.520. The second-order valence-corrected chi connectivity index (χ2v) is 12.6. The summed E-state index contributed by atoms with van der Waals surface area (Å²) in [4.78, 5) is 45.8. The molecular formula is C32H44N4O3. The lowest BCUT2D eigenvalue weighted by atomic mass is 9.83. The summed E-state index contributed by atoms with van der Waals surface area (Å²) >= 11 is 0. The fourth-order valence-electron chi connectivity index (χ4n) is 6.28. The maximum Gasteiger partial charge on any atom is 0.250 e. The van der Waals surface area contributed by atoms with E-state index in [1.807, 2.05) is 72.5 Å². The highest BCUT2D eigenvalue weighted by molar-refractivity contribution is 5.96. The third kappa shape index (κ3) is 6.81. The summed E-state index contributed by atoms with van der Waals surface area (Å²) in [6, 6.07) is 19.6. The van der Waals surface area contributed by atoms with Gasteiger partial charge in [0.15, 0.2) is 0 Å². The van der Waals surface area contributed by atoms with E-state index < -0.39 is 5.54 Å². The number of para-hydroxylation sites is 1. The molecule has 210 valence electrons. The van der Waals surface area contributed by atoms with Gasteiger partial charge in [0.2, 0.25) is 11.8 Å². The Labute approximate surface area is 233 Å². The van der Waals surface area contributed by atoms with Crippen molar-refractivity contribution in [1.82, 2.24) is 15.1 Å². The van der Waals surface area contributed by atoms with Crippen LogP contribution in [-0.4, -0.2) is 59.4 Å². The van der Waals surface area contributed by atoms with Crippen molar-refractivity contribution in [2.75, 3.05) is 31.2 Å². The number of rotatable bonds is 8. The van der Waals surface area contributed by atoms with E-state index in [1.165, 1.54) is 0 Å². The molecule has 0 bridgehead atoms. The van der Waals surface area contributed by atoms with Crippen LogP contribution in [0.1, 0.15) is 71.9 Å². The molecule has 7 heteroatoms. The first-order valence-corrected chi connectivity index (χ1v) is 14.2. The van der Waals surface area contributed by atoms with E-state index in [9.17, 15) is 14.4 Å². The van der Waals surface area contributed by atoms with Crippen LogP contribution < -0.4 is 10.2 Å². The first-order valence-electron chi connectivity index (χ1n) is 14.2. The zero-order valence-corrected chi connectivity index (χ0v) is 24.2. The summed E-state index contributed by atoms with van der Waals surface area (Å²) < 4.78 is 0. The predicted octanol–water partition coefficient (Wildman–Crippen LogP) is 4.99. The summed E-state index contributed by atoms with van der Waals surface area (Å²) in [5.74, 6) is 0.284. The molecule has 0 radical (unpaired) electrons. The van der Waals surface area contributed by atoms with Crippen molar-refractivity contribution in [2.24, 2.45) is 11.3 Å². The molecule has 39 heavy (non-hydrogen) atoms. The summed E-state index contributed by atoms with van der Waals surface area (Å²) in [5, 5.41) is 3.04. The number of hydrogen-bond acceptors (Lipinski definition) is 4. The number of hydrogen-bond donors (Lipinski definition) is 1. The topological polar surface area (TPSA) is 73.0 Å². The molecule has 2 saturated heterocycles. The molecular weight excluding hydrogens is 488 g/mol. The van der Waals surface area contributed by atoms with E-state index in [2.05, 4.69) is 37.9 Å². The van der Waals surface area contributed by atoms with Gasteiger partial charge in [-0.3, -0.25) is 14.4 Å². The van der Waals surface area contributed by atoms with E-state index in [0.29, 0.717) is 44.9 Å². The molecule has 0 saturated carbocycles. The Morgan fingerprint density at radius 2 is 1.54 bits per heavy atom. The van der Waals surface area contributed by atoms with Crippen molar-refractivity contribution in [3.05, 3.63) is 66.2 Å². The Balaban J connectivity index is 1.44. The minimum Gasteiger partial charge on any atom is -0.348 e. The first-order chi connectivity index (χ1) is 18.5. The molecule has 2 fully saturated rings. The molecule has 0 aromatic heterocycles. The van der Waals surface area contributed by atoms with Crippen molar-refractivity contribution >= 4 is 23.4 Å². The van der Waals surface area contributed by atoms with Crippen LogP contribution >= 0.6 is 0 Å². The number of likely N-dealkylation sites (tertiary alicyclic amines) is 1. The minimum atomic E-state index is -0.750. The number of carbonyl (C=O) groups excluding carboxylic acids is 3. The SMILES string of the molecule is CC(CC(=O)N1CCC2(CC1)C(=O)N(CC(=O)NC(C)c1ccccc1)CN2c1ccccc1)CC(C)(C)C. The number of amides is 3. The third-order valence-corrected chi connectivity index (χ3v) is 8.02. The van der Waals surface area contributed by atoms with Crippen LogP contribution in [0.5, 0.6) is 0 Å². The lowest BCUT2D eigenvalue weighted by Crippen LogP contribution is -2.57. The molecule has 1 N–H and O–H groups in total. The molecule has 2 unspecified atom stereocenters. The van der Waals surface area contributed by atoms with Crippen LogP contribution in [-0.2, 0) is 14.4 Å². The maximum absolute atomic E-state index is 14.0. The van der Waals surface area contributed by atoms with Crippen LogP contribution in [0.4, 0.5) is 5.69 Å². The van der Waals surface area contributed by atoms with E-state index in [4.69, 9.17) is 0 Å². The van der Waals surface area contributed by atoms with Gasteiger partial charge >= 0.3 is 0 Å². The van der Waals surface area contributed by atoms with Crippen LogP contribution in [0.25, 0.3) is 0 Å². The molecule has 1 spiro atoms. The summed E-state index contributed by atoms with van der Waals surface area (Å²) in [7, 11) is 0. The number of piperidine rings is 1. The van der Waals surface area contributed by atoms with Gasteiger partial charge in [-0.25, -0.2) is 0 Å². The Kier molecular flexibility index (Phi) is 8.67. The van der Waals surface area contributed by atoms with Crippen LogP contribution in [0.3, 0.4) is 0 Å². The molecule has 4 rings (SSSR count). The monoisotopic (exact) mass is 532 g/mol. The average molecular weight is 533 g/mol. The third-order valence-electron chi connectivity index (χ3n) is 8.02. The highest BCUT2D eigenvalue weighted by Crippen LogP contribution is 2.39. The minimum absolute atomic E-state index is 0.00799. The van der Waals surface area contributed by atoms with E-state index in [1.54, 1.807) is 4.90 Å². The molecule has 2 heterocycles. The molecule has 2 aromatic carbocycles. The Hall–Kier alpha value is -3.35. The van der Waals surface area contributed by atoms with Gasteiger partial charge in [-0.2, -0.15) is 0 Å².